The lowest BCUT2D eigenvalue weighted by Gasteiger charge is -2.43. The average molecular weight is 325 g/mol. The van der Waals surface area contributed by atoms with Gasteiger partial charge in [0.1, 0.15) is 11.6 Å². The fraction of sp³-hybridized carbons (Fsp3) is 0.105. The Hall–Kier alpha value is -2.95. The van der Waals surface area contributed by atoms with Gasteiger partial charge in [-0.25, -0.2) is 8.78 Å². The maximum atomic E-state index is 13.7. The summed E-state index contributed by atoms with van der Waals surface area (Å²) in [5.74, 6) is -1.06. The number of carbonyl (C=O) groups excluding carboxylic acids is 1. The van der Waals surface area contributed by atoms with E-state index in [0.717, 1.165) is 0 Å². The highest BCUT2D eigenvalue weighted by molar-refractivity contribution is 5.76. The maximum absolute atomic E-state index is 13.7. The molecule has 1 heterocycles. The highest BCUT2D eigenvalue weighted by Gasteiger charge is 2.38. The number of anilines is 1. The summed E-state index contributed by atoms with van der Waals surface area (Å²) in [7, 11) is 0. The Labute approximate surface area is 138 Å². The molecule has 5 heteroatoms. The molecule has 24 heavy (non-hydrogen) atoms. The van der Waals surface area contributed by atoms with Crippen molar-refractivity contribution < 1.29 is 13.6 Å². The monoisotopic (exact) mass is 325 g/mol. The zero-order chi connectivity index (χ0) is 17.2. The number of carbonyl (C=O) groups is 1. The quantitative estimate of drug-likeness (QED) is 0.934. The van der Waals surface area contributed by atoms with Gasteiger partial charge in [0.25, 0.3) is 0 Å². The smallest absolute Gasteiger partial charge is 0.219 e. The molecule has 1 radical (unpaired) electrons. The summed E-state index contributed by atoms with van der Waals surface area (Å²) < 4.78 is 27.0. The molecular weight excluding hydrogens is 310 g/mol. The predicted molar refractivity (Wildman–Crippen MR) is 87.7 cm³/mol. The van der Waals surface area contributed by atoms with Crippen molar-refractivity contribution in [2.24, 2.45) is 0 Å². The molecule has 0 saturated carbocycles. The van der Waals surface area contributed by atoms with Crippen LogP contribution in [-0.4, -0.2) is 5.91 Å². The molecule has 0 aromatic heterocycles. The molecule has 0 bridgehead atoms. The predicted octanol–water partition coefficient (Wildman–Crippen LogP) is 3.65. The van der Waals surface area contributed by atoms with E-state index in [-0.39, 0.29) is 11.7 Å². The number of nitrogens with zero attached hydrogens (tertiary/aromatic N) is 1. The van der Waals surface area contributed by atoms with E-state index < -0.39 is 11.5 Å². The van der Waals surface area contributed by atoms with Gasteiger partial charge in [0.15, 0.2) is 5.66 Å². The van der Waals surface area contributed by atoms with E-state index >= 15 is 0 Å². The minimum Gasteiger partial charge on any atom is -0.326 e. The Morgan fingerprint density at radius 1 is 1.12 bits per heavy atom. The van der Waals surface area contributed by atoms with E-state index in [1.54, 1.807) is 47.5 Å². The van der Waals surface area contributed by atoms with Gasteiger partial charge in [-0.1, -0.05) is 18.2 Å². The van der Waals surface area contributed by atoms with Crippen LogP contribution in [0.3, 0.4) is 0 Å². The maximum Gasteiger partial charge on any atom is 0.219 e. The highest BCUT2D eigenvalue weighted by atomic mass is 19.1. The largest absolute Gasteiger partial charge is 0.326 e. The van der Waals surface area contributed by atoms with E-state index in [9.17, 15) is 13.6 Å². The first-order valence-corrected chi connectivity index (χ1v) is 7.38. The van der Waals surface area contributed by atoms with E-state index in [1.165, 1.54) is 31.2 Å². The molecule has 0 spiro atoms. The van der Waals surface area contributed by atoms with Crippen LogP contribution in [0.5, 0.6) is 0 Å². The molecule has 121 valence electrons. The third kappa shape index (κ3) is 2.93. The van der Waals surface area contributed by atoms with Gasteiger partial charge in [-0.3, -0.25) is 4.79 Å². The standard InChI is InChI=1S/C19H15F2N2O/c1-14(24)22-19(15-7-9-16(20)10-8-15)11-2-3-12-23(19)18-6-4-5-17(21)13-18/h3-13H,1H3,(H,22,24). The highest BCUT2D eigenvalue weighted by Crippen LogP contribution is 2.35. The summed E-state index contributed by atoms with van der Waals surface area (Å²) in [6.45, 7) is 1.39. The molecule has 0 fully saturated rings. The Morgan fingerprint density at radius 2 is 1.88 bits per heavy atom. The second-order valence-electron chi connectivity index (χ2n) is 5.43. The van der Waals surface area contributed by atoms with Crippen LogP contribution >= 0.6 is 0 Å². The van der Waals surface area contributed by atoms with Crippen molar-refractivity contribution in [3.8, 4) is 0 Å². The first kappa shape index (κ1) is 15.9. The fourth-order valence-electron chi connectivity index (χ4n) is 2.75. The van der Waals surface area contributed by atoms with Crippen LogP contribution in [-0.2, 0) is 10.5 Å². The number of benzene rings is 2. The minimum atomic E-state index is -1.12. The molecule has 0 aliphatic carbocycles. The molecule has 2 aromatic rings. The molecule has 2 aromatic carbocycles. The molecule has 3 nitrogen and oxygen atoms in total. The van der Waals surface area contributed by atoms with E-state index in [4.69, 9.17) is 0 Å². The van der Waals surface area contributed by atoms with Crippen molar-refractivity contribution in [3.63, 3.8) is 0 Å². The molecule has 0 saturated heterocycles. The van der Waals surface area contributed by atoms with Crippen LogP contribution in [0.4, 0.5) is 14.5 Å². The van der Waals surface area contributed by atoms with Crippen molar-refractivity contribution in [2.45, 2.75) is 12.6 Å². The lowest BCUT2D eigenvalue weighted by Crippen LogP contribution is -2.55. The average Bonchev–Trinajstić information content (AvgIpc) is 2.55. The summed E-state index contributed by atoms with van der Waals surface area (Å²) in [6, 6.07) is 11.8. The van der Waals surface area contributed by atoms with Crippen LogP contribution < -0.4 is 10.2 Å². The summed E-state index contributed by atoms with van der Waals surface area (Å²) in [5, 5.41) is 2.87. The Bertz CT molecular complexity index is 814. The van der Waals surface area contributed by atoms with Crippen LogP contribution in [0.1, 0.15) is 12.5 Å². The Balaban J connectivity index is 2.17. The van der Waals surface area contributed by atoms with Crippen LogP contribution in [0.15, 0.2) is 66.9 Å². The lowest BCUT2D eigenvalue weighted by atomic mass is 9.94. The normalized spacial score (nSPS) is 19.4. The van der Waals surface area contributed by atoms with Gasteiger partial charge >= 0.3 is 0 Å². The van der Waals surface area contributed by atoms with Crippen LogP contribution in [0.2, 0.25) is 0 Å². The third-order valence-electron chi connectivity index (χ3n) is 3.73. The summed E-state index contributed by atoms with van der Waals surface area (Å²) in [5.41, 5.74) is 0.0458. The van der Waals surface area contributed by atoms with Gasteiger partial charge < -0.3 is 10.2 Å². The molecule has 1 unspecified atom stereocenters. The van der Waals surface area contributed by atoms with E-state index in [1.807, 2.05) is 0 Å². The molecule has 1 amide bonds. The first-order valence-electron chi connectivity index (χ1n) is 7.38. The molecule has 3 rings (SSSR count). The number of allylic oxidation sites excluding steroid dienone is 2. The number of rotatable bonds is 3. The number of amides is 1. The van der Waals surface area contributed by atoms with Gasteiger partial charge in [-0.15, -0.1) is 0 Å². The Kier molecular flexibility index (Phi) is 4.16. The second kappa shape index (κ2) is 6.28. The lowest BCUT2D eigenvalue weighted by molar-refractivity contribution is -0.120. The molecule has 1 aliphatic rings. The first-order chi connectivity index (χ1) is 11.5. The van der Waals surface area contributed by atoms with Crippen molar-refractivity contribution in [3.05, 3.63) is 90.2 Å². The van der Waals surface area contributed by atoms with Crippen molar-refractivity contribution in [1.82, 2.24) is 5.32 Å². The number of hydrogen-bond donors (Lipinski definition) is 1. The fourth-order valence-corrected chi connectivity index (χ4v) is 2.75. The van der Waals surface area contributed by atoms with Crippen molar-refractivity contribution >= 4 is 11.6 Å². The SMILES string of the molecule is CC(=O)NC1(c2ccc(F)cc2)C=[C]C=CN1c1cccc(F)c1. The van der Waals surface area contributed by atoms with E-state index in [2.05, 4.69) is 11.4 Å². The summed E-state index contributed by atoms with van der Waals surface area (Å²) in [4.78, 5) is 13.6. The van der Waals surface area contributed by atoms with Gasteiger partial charge in [-0.2, -0.15) is 0 Å². The number of halogens is 2. The zero-order valence-corrected chi connectivity index (χ0v) is 13.0. The third-order valence-corrected chi connectivity index (χ3v) is 3.73. The molecule has 1 atom stereocenters. The topological polar surface area (TPSA) is 32.3 Å². The number of hydrogen-bond acceptors (Lipinski definition) is 2. The van der Waals surface area contributed by atoms with Crippen molar-refractivity contribution in [1.29, 1.82) is 0 Å². The Morgan fingerprint density at radius 3 is 2.54 bits per heavy atom. The minimum absolute atomic E-state index is 0.283. The van der Waals surface area contributed by atoms with Gasteiger partial charge in [0, 0.05) is 24.4 Å². The van der Waals surface area contributed by atoms with Gasteiger partial charge in [0.05, 0.1) is 0 Å². The van der Waals surface area contributed by atoms with E-state index in [0.29, 0.717) is 11.3 Å². The van der Waals surface area contributed by atoms with Crippen LogP contribution in [0, 0.1) is 17.7 Å². The summed E-state index contributed by atoms with van der Waals surface area (Å²) in [6.07, 6.45) is 7.97. The second-order valence-corrected chi connectivity index (χ2v) is 5.43. The van der Waals surface area contributed by atoms with Gasteiger partial charge in [0.2, 0.25) is 5.91 Å². The van der Waals surface area contributed by atoms with Crippen molar-refractivity contribution in [2.75, 3.05) is 4.90 Å². The van der Waals surface area contributed by atoms with Gasteiger partial charge in [-0.05, 0) is 48.6 Å². The molecule has 1 aliphatic heterocycles. The zero-order valence-electron chi connectivity index (χ0n) is 13.0. The van der Waals surface area contributed by atoms with Crippen LogP contribution in [0.25, 0.3) is 0 Å². The molecule has 1 N–H and O–H groups in total. The number of nitrogens with one attached hydrogen (secondary N) is 1. The molecular formula is C19H15F2N2O. The summed E-state index contributed by atoms with van der Waals surface area (Å²) >= 11 is 0.